The third-order valence-electron chi connectivity index (χ3n) is 3.57. The van der Waals surface area contributed by atoms with E-state index >= 15 is 0 Å². The van der Waals surface area contributed by atoms with Crippen LogP contribution < -0.4 is 0 Å². The predicted octanol–water partition coefficient (Wildman–Crippen LogP) is 1.44. The number of nitriles is 1. The van der Waals surface area contributed by atoms with Crippen molar-refractivity contribution in [2.45, 2.75) is 6.04 Å². The smallest absolute Gasteiger partial charge is 0.254 e. The topological polar surface area (TPSA) is 47.3 Å². The lowest BCUT2D eigenvalue weighted by Gasteiger charge is -2.36. The molecule has 3 rings (SSSR count). The fraction of sp³-hybridized carbons (Fsp3) is 0.385. The molecular weight excluding hydrogens is 250 g/mol. The molecule has 0 unspecified atom stereocenters. The number of amides is 1. The molecule has 1 saturated heterocycles. The van der Waals surface area contributed by atoms with E-state index in [1.54, 1.807) is 0 Å². The maximum Gasteiger partial charge on any atom is 0.254 e. The molecule has 5 heteroatoms. The van der Waals surface area contributed by atoms with Crippen LogP contribution in [0.2, 0.25) is 0 Å². The molecule has 18 heavy (non-hydrogen) atoms. The van der Waals surface area contributed by atoms with Crippen molar-refractivity contribution >= 4 is 18.3 Å². The number of fused-ring (bicyclic) bond motifs is 3. The Hall–Kier alpha value is -1.57. The average Bonchev–Trinajstić information content (AvgIpc) is 2.65. The normalized spacial score (nSPS) is 21.8. The van der Waals surface area contributed by atoms with Crippen molar-refractivity contribution in [2.75, 3.05) is 26.2 Å². The first-order chi connectivity index (χ1) is 8.31. The molecule has 0 aromatic heterocycles. The Bertz CT molecular complexity index is 511. The maximum atomic E-state index is 12.1. The van der Waals surface area contributed by atoms with Gasteiger partial charge in [-0.2, -0.15) is 5.26 Å². The van der Waals surface area contributed by atoms with E-state index in [0.717, 1.165) is 30.8 Å². The molecule has 94 valence electrons. The molecular formula is C13H14ClN3O. The third kappa shape index (κ3) is 1.86. The summed E-state index contributed by atoms with van der Waals surface area (Å²) in [6.07, 6.45) is 0. The molecule has 1 aromatic rings. The fourth-order valence-corrected chi connectivity index (χ4v) is 2.73. The number of rotatable bonds is 1. The van der Waals surface area contributed by atoms with Crippen molar-refractivity contribution in [1.29, 1.82) is 5.26 Å². The molecule has 2 aliphatic rings. The highest BCUT2D eigenvalue weighted by Crippen LogP contribution is 2.35. The van der Waals surface area contributed by atoms with E-state index in [1.165, 1.54) is 0 Å². The van der Waals surface area contributed by atoms with Gasteiger partial charge in [-0.3, -0.25) is 9.69 Å². The van der Waals surface area contributed by atoms with E-state index in [0.29, 0.717) is 6.54 Å². The summed E-state index contributed by atoms with van der Waals surface area (Å²) < 4.78 is 0. The van der Waals surface area contributed by atoms with Crippen LogP contribution in [0.5, 0.6) is 0 Å². The molecule has 1 atom stereocenters. The Morgan fingerprint density at radius 1 is 1.33 bits per heavy atom. The van der Waals surface area contributed by atoms with Gasteiger partial charge in [0, 0.05) is 25.2 Å². The van der Waals surface area contributed by atoms with Crippen molar-refractivity contribution in [1.82, 2.24) is 9.80 Å². The van der Waals surface area contributed by atoms with E-state index < -0.39 is 0 Å². The highest BCUT2D eigenvalue weighted by atomic mass is 35.5. The van der Waals surface area contributed by atoms with Crippen LogP contribution in [0.15, 0.2) is 24.3 Å². The largest absolute Gasteiger partial charge is 0.329 e. The number of carbonyl (C=O) groups is 1. The quantitative estimate of drug-likeness (QED) is 0.721. The molecule has 0 aliphatic carbocycles. The molecule has 1 amide bonds. The second kappa shape index (κ2) is 4.97. The van der Waals surface area contributed by atoms with Gasteiger partial charge in [-0.1, -0.05) is 18.2 Å². The van der Waals surface area contributed by atoms with Crippen LogP contribution in [0, 0.1) is 11.3 Å². The third-order valence-corrected chi connectivity index (χ3v) is 3.57. The number of nitrogens with zero attached hydrogens (tertiary/aromatic N) is 3. The van der Waals surface area contributed by atoms with Crippen LogP contribution in [0.25, 0.3) is 0 Å². The first-order valence-electron chi connectivity index (χ1n) is 5.80. The second-order valence-electron chi connectivity index (χ2n) is 4.49. The van der Waals surface area contributed by atoms with Gasteiger partial charge < -0.3 is 4.90 Å². The minimum absolute atomic E-state index is 0. The molecule has 0 bridgehead atoms. The van der Waals surface area contributed by atoms with Crippen LogP contribution in [0.3, 0.4) is 0 Å². The summed E-state index contributed by atoms with van der Waals surface area (Å²) in [6, 6.07) is 10.1. The molecule has 0 saturated carbocycles. The van der Waals surface area contributed by atoms with Crippen molar-refractivity contribution in [2.24, 2.45) is 0 Å². The summed E-state index contributed by atoms with van der Waals surface area (Å²) in [6.45, 7) is 2.74. The number of hydrogen-bond acceptors (Lipinski definition) is 3. The summed E-state index contributed by atoms with van der Waals surface area (Å²) in [4.78, 5) is 16.2. The summed E-state index contributed by atoms with van der Waals surface area (Å²) in [5, 5.41) is 8.73. The molecule has 1 aromatic carbocycles. The Morgan fingerprint density at radius 3 is 2.89 bits per heavy atom. The summed E-state index contributed by atoms with van der Waals surface area (Å²) in [5.41, 5.74) is 1.94. The molecule has 2 heterocycles. The number of halogens is 1. The number of carbonyl (C=O) groups excluding carboxylic acids is 1. The number of hydrogen-bond donors (Lipinski definition) is 0. The standard InChI is InChI=1S/C13H13N3O.ClH/c14-5-6-15-7-8-16-12(9-15)10-3-1-2-4-11(10)13(16)17;/h1-4,12H,6-9H2;1H/t12-;/m1./s1. The van der Waals surface area contributed by atoms with Gasteiger partial charge in [-0.05, 0) is 11.6 Å². The molecule has 4 nitrogen and oxygen atoms in total. The number of piperazine rings is 1. The van der Waals surface area contributed by atoms with Gasteiger partial charge in [0.2, 0.25) is 0 Å². The predicted molar refractivity (Wildman–Crippen MR) is 69.5 cm³/mol. The van der Waals surface area contributed by atoms with Crippen LogP contribution in [-0.4, -0.2) is 41.9 Å². The Morgan fingerprint density at radius 2 is 2.11 bits per heavy atom. The van der Waals surface area contributed by atoms with Gasteiger partial charge in [-0.25, -0.2) is 0 Å². The summed E-state index contributed by atoms with van der Waals surface area (Å²) in [5.74, 6) is 0.141. The zero-order chi connectivity index (χ0) is 11.8. The van der Waals surface area contributed by atoms with E-state index in [9.17, 15) is 4.79 Å². The minimum atomic E-state index is 0. The summed E-state index contributed by atoms with van der Waals surface area (Å²) >= 11 is 0. The molecule has 0 radical (unpaired) electrons. The van der Waals surface area contributed by atoms with Gasteiger partial charge in [0.25, 0.3) is 5.91 Å². The first kappa shape index (κ1) is 12.9. The van der Waals surface area contributed by atoms with E-state index in [4.69, 9.17) is 5.26 Å². The lowest BCUT2D eigenvalue weighted by molar-refractivity contribution is 0.0549. The monoisotopic (exact) mass is 263 g/mol. The van der Waals surface area contributed by atoms with Crippen molar-refractivity contribution in [3.8, 4) is 6.07 Å². The van der Waals surface area contributed by atoms with Crippen LogP contribution in [-0.2, 0) is 0 Å². The zero-order valence-corrected chi connectivity index (χ0v) is 10.7. The van der Waals surface area contributed by atoms with Gasteiger partial charge in [0.05, 0.1) is 18.7 Å². The van der Waals surface area contributed by atoms with E-state index in [1.807, 2.05) is 29.2 Å². The molecule has 0 N–H and O–H groups in total. The van der Waals surface area contributed by atoms with Gasteiger partial charge in [-0.15, -0.1) is 12.4 Å². The van der Waals surface area contributed by atoms with E-state index in [2.05, 4.69) is 11.0 Å². The summed E-state index contributed by atoms with van der Waals surface area (Å²) in [7, 11) is 0. The maximum absolute atomic E-state index is 12.1. The van der Waals surface area contributed by atoms with Crippen molar-refractivity contribution in [3.05, 3.63) is 35.4 Å². The molecule has 2 aliphatic heterocycles. The van der Waals surface area contributed by atoms with Gasteiger partial charge >= 0.3 is 0 Å². The van der Waals surface area contributed by atoms with Crippen LogP contribution in [0.1, 0.15) is 22.0 Å². The highest BCUT2D eigenvalue weighted by Gasteiger charge is 2.39. The van der Waals surface area contributed by atoms with Gasteiger partial charge in [0.15, 0.2) is 0 Å². The van der Waals surface area contributed by atoms with Gasteiger partial charge in [0.1, 0.15) is 0 Å². The fourth-order valence-electron chi connectivity index (χ4n) is 2.73. The number of benzene rings is 1. The minimum Gasteiger partial charge on any atom is -0.329 e. The average molecular weight is 264 g/mol. The Kier molecular flexibility index (Phi) is 3.55. The Balaban J connectivity index is 0.00000120. The Labute approximate surface area is 112 Å². The van der Waals surface area contributed by atoms with Crippen molar-refractivity contribution < 1.29 is 4.79 Å². The first-order valence-corrected chi connectivity index (χ1v) is 5.80. The van der Waals surface area contributed by atoms with Crippen molar-refractivity contribution in [3.63, 3.8) is 0 Å². The SMILES string of the molecule is Cl.N#CCN1CCN2C(=O)c3ccccc3[C@H]2C1. The molecule has 0 spiro atoms. The zero-order valence-electron chi connectivity index (χ0n) is 9.87. The van der Waals surface area contributed by atoms with E-state index in [-0.39, 0.29) is 24.4 Å². The highest BCUT2D eigenvalue weighted by molar-refractivity contribution is 5.99. The molecule has 1 fully saturated rings. The lowest BCUT2D eigenvalue weighted by atomic mass is 10.0. The van der Waals surface area contributed by atoms with Crippen LogP contribution in [0.4, 0.5) is 0 Å². The second-order valence-corrected chi connectivity index (χ2v) is 4.49. The lowest BCUT2D eigenvalue weighted by Crippen LogP contribution is -2.47. The van der Waals surface area contributed by atoms with Crippen LogP contribution >= 0.6 is 12.4 Å².